The SMILES string of the molecule is CN(C(=O)COc1ccc(Cl)cc1[N+](=O)[O-])c1ccccc1C(=O)NCc1ccco1. The standard InChI is InChI=1S/C21H18ClN3O6/c1-24(20(26)13-31-19-9-8-14(22)11-18(19)25(28)29)17-7-3-2-6-16(17)21(27)23-12-15-5-4-10-30-15/h2-11H,12-13H2,1H3,(H,23,27). The topological polar surface area (TPSA) is 115 Å². The predicted molar refractivity (Wildman–Crippen MR) is 113 cm³/mol. The van der Waals surface area contributed by atoms with Gasteiger partial charge in [0.1, 0.15) is 5.76 Å². The molecule has 10 heteroatoms. The number of nitro benzene ring substituents is 1. The summed E-state index contributed by atoms with van der Waals surface area (Å²) in [6.07, 6.45) is 1.51. The third-order valence-electron chi connectivity index (χ3n) is 4.36. The lowest BCUT2D eigenvalue weighted by molar-refractivity contribution is -0.385. The van der Waals surface area contributed by atoms with Crippen molar-refractivity contribution in [1.29, 1.82) is 0 Å². The van der Waals surface area contributed by atoms with Crippen LogP contribution in [0.5, 0.6) is 5.75 Å². The second kappa shape index (κ2) is 9.77. The number of benzene rings is 2. The normalized spacial score (nSPS) is 10.4. The number of nitrogens with zero attached hydrogens (tertiary/aromatic N) is 2. The van der Waals surface area contributed by atoms with Gasteiger partial charge in [0.2, 0.25) is 0 Å². The van der Waals surface area contributed by atoms with Gasteiger partial charge in [0, 0.05) is 18.1 Å². The third kappa shape index (κ3) is 5.40. The molecule has 2 aromatic carbocycles. The highest BCUT2D eigenvalue weighted by Gasteiger charge is 2.21. The Bertz CT molecular complexity index is 1100. The Morgan fingerprint density at radius 3 is 2.68 bits per heavy atom. The first-order chi connectivity index (χ1) is 14.9. The quantitative estimate of drug-likeness (QED) is 0.418. The van der Waals surface area contributed by atoms with E-state index in [2.05, 4.69) is 5.32 Å². The molecule has 0 atom stereocenters. The largest absolute Gasteiger partial charge is 0.477 e. The molecule has 0 radical (unpaired) electrons. The van der Waals surface area contributed by atoms with Crippen LogP contribution < -0.4 is 15.0 Å². The average Bonchev–Trinajstić information content (AvgIpc) is 3.29. The van der Waals surface area contributed by atoms with Gasteiger partial charge in [-0.1, -0.05) is 23.7 Å². The number of halogens is 1. The lowest BCUT2D eigenvalue weighted by Crippen LogP contribution is -2.33. The van der Waals surface area contributed by atoms with E-state index in [4.69, 9.17) is 20.8 Å². The van der Waals surface area contributed by atoms with Gasteiger partial charge < -0.3 is 19.4 Å². The second-order valence-corrected chi connectivity index (χ2v) is 6.83. The molecule has 9 nitrogen and oxygen atoms in total. The van der Waals surface area contributed by atoms with E-state index in [-0.39, 0.29) is 34.5 Å². The number of amides is 2. The number of likely N-dealkylation sites (N-methyl/N-ethyl adjacent to an activating group) is 1. The number of carbonyl (C=O) groups is 2. The number of para-hydroxylation sites is 1. The number of anilines is 1. The predicted octanol–water partition coefficient (Wildman–Crippen LogP) is 3.81. The monoisotopic (exact) mass is 443 g/mol. The molecule has 3 rings (SSSR count). The van der Waals surface area contributed by atoms with Crippen molar-refractivity contribution >= 4 is 34.8 Å². The maximum atomic E-state index is 12.6. The minimum absolute atomic E-state index is 0.0828. The second-order valence-electron chi connectivity index (χ2n) is 6.39. The van der Waals surface area contributed by atoms with E-state index in [0.717, 1.165) is 6.07 Å². The molecular formula is C21H18ClN3O6. The lowest BCUT2D eigenvalue weighted by atomic mass is 10.1. The van der Waals surface area contributed by atoms with E-state index in [0.29, 0.717) is 11.4 Å². The fraction of sp³-hybridized carbons (Fsp3) is 0.143. The van der Waals surface area contributed by atoms with Crippen LogP contribution in [0.4, 0.5) is 11.4 Å². The van der Waals surface area contributed by atoms with Crippen molar-refractivity contribution in [3.63, 3.8) is 0 Å². The molecule has 2 amide bonds. The number of nitro groups is 1. The van der Waals surface area contributed by atoms with Crippen LogP contribution in [0.2, 0.25) is 5.02 Å². The van der Waals surface area contributed by atoms with Gasteiger partial charge in [0.05, 0.1) is 29.0 Å². The van der Waals surface area contributed by atoms with Crippen LogP contribution >= 0.6 is 11.6 Å². The van der Waals surface area contributed by atoms with Gasteiger partial charge in [-0.25, -0.2) is 0 Å². The van der Waals surface area contributed by atoms with E-state index in [9.17, 15) is 19.7 Å². The van der Waals surface area contributed by atoms with Crippen LogP contribution in [0.1, 0.15) is 16.1 Å². The highest BCUT2D eigenvalue weighted by Crippen LogP contribution is 2.30. The summed E-state index contributed by atoms with van der Waals surface area (Å²) in [6.45, 7) is -0.275. The van der Waals surface area contributed by atoms with Crippen molar-refractivity contribution in [3.8, 4) is 5.75 Å². The van der Waals surface area contributed by atoms with Gasteiger partial charge in [-0.15, -0.1) is 0 Å². The summed E-state index contributed by atoms with van der Waals surface area (Å²) in [5.74, 6) is -0.384. The summed E-state index contributed by atoms with van der Waals surface area (Å²) >= 11 is 5.78. The van der Waals surface area contributed by atoms with Gasteiger partial charge >= 0.3 is 5.69 Å². The minimum atomic E-state index is -0.645. The highest BCUT2D eigenvalue weighted by molar-refractivity contribution is 6.30. The molecule has 1 aromatic heterocycles. The molecule has 0 aliphatic heterocycles. The van der Waals surface area contributed by atoms with E-state index < -0.39 is 17.4 Å². The van der Waals surface area contributed by atoms with E-state index in [1.807, 2.05) is 0 Å². The molecule has 0 spiro atoms. The first-order valence-corrected chi connectivity index (χ1v) is 9.47. The average molecular weight is 444 g/mol. The molecule has 0 saturated carbocycles. The third-order valence-corrected chi connectivity index (χ3v) is 4.59. The highest BCUT2D eigenvalue weighted by atomic mass is 35.5. The fourth-order valence-corrected chi connectivity index (χ4v) is 2.93. The van der Waals surface area contributed by atoms with Crippen molar-refractivity contribution in [2.45, 2.75) is 6.54 Å². The van der Waals surface area contributed by atoms with Crippen LogP contribution in [-0.2, 0) is 11.3 Å². The van der Waals surface area contributed by atoms with Crippen molar-refractivity contribution in [2.75, 3.05) is 18.6 Å². The number of hydrogen-bond acceptors (Lipinski definition) is 6. The number of hydrogen-bond donors (Lipinski definition) is 1. The number of carbonyl (C=O) groups excluding carboxylic acids is 2. The summed E-state index contributed by atoms with van der Waals surface area (Å²) in [4.78, 5) is 37.0. The smallest absolute Gasteiger partial charge is 0.312 e. The Kier molecular flexibility index (Phi) is 6.88. The van der Waals surface area contributed by atoms with Crippen molar-refractivity contribution < 1.29 is 23.7 Å². The van der Waals surface area contributed by atoms with Gasteiger partial charge in [0.15, 0.2) is 12.4 Å². The van der Waals surface area contributed by atoms with Crippen molar-refractivity contribution in [1.82, 2.24) is 5.32 Å². The number of ether oxygens (including phenoxy) is 1. The molecule has 160 valence electrons. The summed E-state index contributed by atoms with van der Waals surface area (Å²) < 4.78 is 10.5. The lowest BCUT2D eigenvalue weighted by Gasteiger charge is -2.20. The van der Waals surface area contributed by atoms with Gasteiger partial charge in [0.25, 0.3) is 11.8 Å². The molecule has 0 aliphatic carbocycles. The summed E-state index contributed by atoms with van der Waals surface area (Å²) in [6, 6.07) is 13.9. The van der Waals surface area contributed by atoms with Crippen LogP contribution in [0.15, 0.2) is 65.3 Å². The van der Waals surface area contributed by atoms with E-state index in [1.54, 1.807) is 36.4 Å². The minimum Gasteiger partial charge on any atom is -0.477 e. The van der Waals surface area contributed by atoms with Crippen molar-refractivity contribution in [3.05, 3.63) is 87.3 Å². The molecule has 3 aromatic rings. The molecule has 0 aliphatic rings. The molecule has 1 N–H and O–H groups in total. The summed E-state index contributed by atoms with van der Waals surface area (Å²) in [5.41, 5.74) is 0.293. The van der Waals surface area contributed by atoms with Crippen molar-refractivity contribution in [2.24, 2.45) is 0 Å². The first-order valence-electron chi connectivity index (χ1n) is 9.09. The molecule has 0 fully saturated rings. The van der Waals surface area contributed by atoms with E-state index >= 15 is 0 Å². The summed E-state index contributed by atoms with van der Waals surface area (Å²) in [7, 11) is 1.49. The molecule has 0 bridgehead atoms. The van der Waals surface area contributed by atoms with Gasteiger partial charge in [-0.3, -0.25) is 19.7 Å². The number of rotatable bonds is 8. The maximum Gasteiger partial charge on any atom is 0.312 e. The Morgan fingerprint density at radius 2 is 1.97 bits per heavy atom. The molecule has 0 unspecified atom stereocenters. The first kappa shape index (κ1) is 21.8. The molecule has 1 heterocycles. The zero-order valence-electron chi connectivity index (χ0n) is 16.4. The Hall–Kier alpha value is -3.85. The number of furan rings is 1. The van der Waals surface area contributed by atoms with Crippen LogP contribution in [0.3, 0.4) is 0 Å². The van der Waals surface area contributed by atoms with Gasteiger partial charge in [-0.2, -0.15) is 0 Å². The van der Waals surface area contributed by atoms with Gasteiger partial charge in [-0.05, 0) is 36.4 Å². The summed E-state index contributed by atoms with van der Waals surface area (Å²) in [5, 5.41) is 14.1. The Labute approximate surface area is 182 Å². The zero-order valence-corrected chi connectivity index (χ0v) is 17.2. The fourth-order valence-electron chi connectivity index (χ4n) is 2.76. The molecular weight excluding hydrogens is 426 g/mol. The van der Waals surface area contributed by atoms with Crippen LogP contribution in [0, 0.1) is 10.1 Å². The molecule has 31 heavy (non-hydrogen) atoms. The zero-order chi connectivity index (χ0) is 22.4. The Morgan fingerprint density at radius 1 is 1.19 bits per heavy atom. The molecule has 0 saturated heterocycles. The van der Waals surface area contributed by atoms with E-state index in [1.165, 1.54) is 30.3 Å². The maximum absolute atomic E-state index is 12.6. The number of nitrogens with one attached hydrogen (secondary N) is 1. The van der Waals surface area contributed by atoms with Crippen LogP contribution in [-0.4, -0.2) is 30.4 Å². The van der Waals surface area contributed by atoms with Crippen LogP contribution in [0.25, 0.3) is 0 Å². The Balaban J connectivity index is 1.70.